The van der Waals surface area contributed by atoms with Crippen LogP contribution in [0.1, 0.15) is 76.3 Å². The molecule has 0 amide bonds. The molecule has 3 aliphatic rings. The summed E-state index contributed by atoms with van der Waals surface area (Å²) in [7, 11) is 4.18. The highest BCUT2D eigenvalue weighted by Gasteiger charge is 2.55. The fraction of sp³-hybridized carbons (Fsp3) is 0.760. The summed E-state index contributed by atoms with van der Waals surface area (Å²) in [5.41, 5.74) is 3.73. The van der Waals surface area contributed by atoms with E-state index in [4.69, 9.17) is 4.74 Å². The molecule has 1 aromatic carbocycles. The van der Waals surface area contributed by atoms with E-state index in [0.717, 1.165) is 35.5 Å². The van der Waals surface area contributed by atoms with E-state index in [-0.39, 0.29) is 0 Å². The van der Waals surface area contributed by atoms with Gasteiger partial charge in [0.15, 0.2) is 0 Å². The van der Waals surface area contributed by atoms with E-state index in [1.165, 1.54) is 51.5 Å². The number of nitrogens with zero attached hydrogens (tertiary/aromatic N) is 1. The summed E-state index contributed by atoms with van der Waals surface area (Å²) in [6, 6.07) is 7.66. The molecule has 3 aliphatic carbocycles. The van der Waals surface area contributed by atoms with Gasteiger partial charge in [-0.05, 0) is 111 Å². The zero-order valence-corrected chi connectivity index (χ0v) is 18.1. The van der Waals surface area contributed by atoms with Crippen LogP contribution in [0.15, 0.2) is 18.2 Å². The van der Waals surface area contributed by atoms with Gasteiger partial charge in [-0.2, -0.15) is 0 Å². The molecule has 0 aromatic heterocycles. The predicted octanol–water partition coefficient (Wildman–Crippen LogP) is 5.90. The van der Waals surface area contributed by atoms with Gasteiger partial charge in [0.1, 0.15) is 5.75 Å². The Kier molecular flexibility index (Phi) is 5.31. The number of ether oxygens (including phenoxy) is 1. The maximum absolute atomic E-state index is 5.48. The minimum Gasteiger partial charge on any atom is -0.497 e. The standard InChI is InChI=1S/C25H39NO/c1-17(2)13-15-26(4)24-11-10-23-22-8-6-18-16-19(27-5)7-9-20(18)21(22)12-14-25(23,24)3/h7,9,16-17,21-24H,6,8,10-15H2,1-5H3/t21-,22-,23+,24?,25+/m1/s1. The van der Waals surface area contributed by atoms with Gasteiger partial charge in [0, 0.05) is 6.04 Å². The Labute approximate surface area is 166 Å². The van der Waals surface area contributed by atoms with Gasteiger partial charge >= 0.3 is 0 Å². The fourth-order valence-corrected chi connectivity index (χ4v) is 7.00. The highest BCUT2D eigenvalue weighted by molar-refractivity contribution is 5.40. The largest absolute Gasteiger partial charge is 0.497 e. The van der Waals surface area contributed by atoms with Crippen LogP contribution in [0, 0.1) is 23.2 Å². The third kappa shape index (κ3) is 3.33. The van der Waals surface area contributed by atoms with E-state index >= 15 is 0 Å². The number of aryl methyl sites for hydroxylation is 1. The van der Waals surface area contributed by atoms with Crippen molar-refractivity contribution in [1.29, 1.82) is 0 Å². The smallest absolute Gasteiger partial charge is 0.119 e. The van der Waals surface area contributed by atoms with Crippen molar-refractivity contribution in [3.05, 3.63) is 29.3 Å². The van der Waals surface area contributed by atoms with Crippen LogP contribution in [0.25, 0.3) is 0 Å². The molecule has 1 aromatic rings. The Bertz CT molecular complexity index is 668. The molecule has 2 saturated carbocycles. The van der Waals surface area contributed by atoms with Gasteiger partial charge in [-0.1, -0.05) is 26.8 Å². The fourth-order valence-electron chi connectivity index (χ4n) is 7.00. The van der Waals surface area contributed by atoms with Crippen LogP contribution in [0.3, 0.4) is 0 Å². The van der Waals surface area contributed by atoms with Crippen LogP contribution in [0.5, 0.6) is 5.75 Å². The van der Waals surface area contributed by atoms with Crippen LogP contribution in [-0.4, -0.2) is 31.6 Å². The first kappa shape index (κ1) is 19.3. The molecule has 0 heterocycles. The van der Waals surface area contributed by atoms with Crippen molar-refractivity contribution < 1.29 is 4.74 Å². The number of fused-ring (bicyclic) bond motifs is 5. The highest BCUT2D eigenvalue weighted by atomic mass is 16.5. The monoisotopic (exact) mass is 369 g/mol. The summed E-state index contributed by atoms with van der Waals surface area (Å²) in [5.74, 6) is 4.43. The van der Waals surface area contributed by atoms with Crippen LogP contribution in [0.4, 0.5) is 0 Å². The van der Waals surface area contributed by atoms with Crippen LogP contribution >= 0.6 is 0 Å². The molecular formula is C25H39NO. The average Bonchev–Trinajstić information content (AvgIpc) is 3.02. The zero-order valence-electron chi connectivity index (χ0n) is 18.1. The number of hydrogen-bond acceptors (Lipinski definition) is 2. The lowest BCUT2D eigenvalue weighted by atomic mass is 9.55. The minimum absolute atomic E-state index is 0.525. The van der Waals surface area contributed by atoms with E-state index in [1.807, 2.05) is 0 Å². The summed E-state index contributed by atoms with van der Waals surface area (Å²) in [6.45, 7) is 8.61. The molecule has 0 spiro atoms. The molecule has 150 valence electrons. The SMILES string of the molecule is COc1ccc2c(c1)CC[C@@H]1[C@@H]2CC[C@]2(C)C(N(C)CCC(C)C)CC[C@@H]12. The van der Waals surface area contributed by atoms with Crippen molar-refractivity contribution in [3.8, 4) is 5.75 Å². The highest BCUT2D eigenvalue weighted by Crippen LogP contribution is 2.61. The number of benzene rings is 1. The van der Waals surface area contributed by atoms with E-state index in [2.05, 4.69) is 50.9 Å². The summed E-state index contributed by atoms with van der Waals surface area (Å²) < 4.78 is 5.48. The second kappa shape index (κ2) is 7.43. The lowest BCUT2D eigenvalue weighted by Gasteiger charge is -2.52. The summed E-state index contributed by atoms with van der Waals surface area (Å²) in [5, 5.41) is 0. The summed E-state index contributed by atoms with van der Waals surface area (Å²) in [4.78, 5) is 2.72. The van der Waals surface area contributed by atoms with Crippen molar-refractivity contribution in [2.75, 3.05) is 20.7 Å². The van der Waals surface area contributed by atoms with Crippen LogP contribution in [-0.2, 0) is 6.42 Å². The van der Waals surface area contributed by atoms with Crippen molar-refractivity contribution in [3.63, 3.8) is 0 Å². The molecule has 5 atom stereocenters. The van der Waals surface area contributed by atoms with Gasteiger partial charge in [-0.25, -0.2) is 0 Å². The molecule has 27 heavy (non-hydrogen) atoms. The van der Waals surface area contributed by atoms with Gasteiger partial charge in [-0.15, -0.1) is 0 Å². The van der Waals surface area contributed by atoms with Gasteiger partial charge in [0.05, 0.1) is 7.11 Å². The van der Waals surface area contributed by atoms with Gasteiger partial charge < -0.3 is 9.64 Å². The lowest BCUT2D eigenvalue weighted by molar-refractivity contribution is 0.00657. The number of methoxy groups -OCH3 is 1. The topological polar surface area (TPSA) is 12.5 Å². The molecule has 2 heteroatoms. The van der Waals surface area contributed by atoms with Crippen LogP contribution in [0.2, 0.25) is 0 Å². The van der Waals surface area contributed by atoms with Crippen molar-refractivity contribution in [1.82, 2.24) is 4.90 Å². The van der Waals surface area contributed by atoms with E-state index in [9.17, 15) is 0 Å². The Balaban J connectivity index is 1.53. The molecule has 2 nitrogen and oxygen atoms in total. The third-order valence-corrected chi connectivity index (χ3v) is 8.47. The Morgan fingerprint density at radius 1 is 1.19 bits per heavy atom. The van der Waals surface area contributed by atoms with Crippen molar-refractivity contribution >= 4 is 0 Å². The Morgan fingerprint density at radius 3 is 2.74 bits per heavy atom. The second-order valence-electron chi connectivity index (χ2n) is 10.3. The molecule has 1 unspecified atom stereocenters. The second-order valence-corrected chi connectivity index (χ2v) is 10.3. The molecule has 4 rings (SSSR count). The normalized spacial score (nSPS) is 35.1. The van der Waals surface area contributed by atoms with Crippen molar-refractivity contribution in [2.45, 2.75) is 77.7 Å². The van der Waals surface area contributed by atoms with Gasteiger partial charge in [0.2, 0.25) is 0 Å². The molecular weight excluding hydrogens is 330 g/mol. The lowest BCUT2D eigenvalue weighted by Crippen LogP contribution is -2.49. The maximum Gasteiger partial charge on any atom is 0.119 e. The first-order chi connectivity index (χ1) is 12.9. The first-order valence-corrected chi connectivity index (χ1v) is 11.3. The number of hydrogen-bond donors (Lipinski definition) is 0. The maximum atomic E-state index is 5.48. The molecule has 0 N–H and O–H groups in total. The average molecular weight is 370 g/mol. The minimum atomic E-state index is 0.525. The molecule has 0 aliphatic heterocycles. The summed E-state index contributed by atoms with van der Waals surface area (Å²) >= 11 is 0. The molecule has 0 saturated heterocycles. The number of rotatable bonds is 5. The quantitative estimate of drug-likeness (QED) is 0.641. The molecule has 0 radical (unpaired) electrons. The molecule has 0 bridgehead atoms. The first-order valence-electron chi connectivity index (χ1n) is 11.3. The molecule has 2 fully saturated rings. The third-order valence-electron chi connectivity index (χ3n) is 8.47. The van der Waals surface area contributed by atoms with Crippen molar-refractivity contribution in [2.24, 2.45) is 23.2 Å². The van der Waals surface area contributed by atoms with E-state index in [1.54, 1.807) is 18.2 Å². The zero-order chi connectivity index (χ0) is 19.2. The predicted molar refractivity (Wildman–Crippen MR) is 113 cm³/mol. The Hall–Kier alpha value is -1.02. The van der Waals surface area contributed by atoms with Gasteiger partial charge in [0.25, 0.3) is 0 Å². The van der Waals surface area contributed by atoms with Crippen LogP contribution < -0.4 is 4.74 Å². The summed E-state index contributed by atoms with van der Waals surface area (Å²) in [6.07, 6.45) is 9.59. The van der Waals surface area contributed by atoms with E-state index < -0.39 is 0 Å². The Morgan fingerprint density at radius 2 is 2.00 bits per heavy atom. The van der Waals surface area contributed by atoms with E-state index in [0.29, 0.717) is 5.41 Å². The van der Waals surface area contributed by atoms with Gasteiger partial charge in [-0.3, -0.25) is 0 Å².